The van der Waals surface area contributed by atoms with Crippen LogP contribution in [0, 0.1) is 0 Å². The molecule has 12 aromatic carbocycles. The molecule has 12 aromatic rings. The van der Waals surface area contributed by atoms with Crippen molar-refractivity contribution < 1.29 is 62.1 Å². The molecule has 0 spiro atoms. The predicted octanol–water partition coefficient (Wildman–Crippen LogP) is 15.6. The monoisotopic (exact) mass is 1770 g/mol. The number of methoxy groups -OCH3 is 6. The van der Waals surface area contributed by atoms with Gasteiger partial charge in [-0.2, -0.15) is 20.4 Å². The summed E-state index contributed by atoms with van der Waals surface area (Å²) < 4.78 is 126. The summed E-state index contributed by atoms with van der Waals surface area (Å²) in [6.07, 6.45) is 2.76. The van der Waals surface area contributed by atoms with Crippen LogP contribution in [0.2, 0.25) is 0 Å². The van der Waals surface area contributed by atoms with E-state index in [1.165, 1.54) is 48.5 Å². The van der Waals surface area contributed by atoms with Crippen molar-refractivity contribution in [1.82, 2.24) is 0 Å². The molecule has 0 saturated carbocycles. The van der Waals surface area contributed by atoms with E-state index in [1.54, 1.807) is 91.2 Å². The molecule has 26 nitrogen and oxygen atoms in total. The van der Waals surface area contributed by atoms with E-state index in [0.717, 1.165) is 124 Å². The van der Waals surface area contributed by atoms with Crippen LogP contribution in [-0.2, 0) is 40.1 Å². The zero-order chi connectivity index (χ0) is 85.8. The Labute approximate surface area is 712 Å². The molecular weight excluding hydrogens is 1680 g/mol. The Balaban J connectivity index is 0.000000139. The molecule has 622 valence electrons. The minimum atomic E-state index is -3.76. The van der Waals surface area contributed by atoms with Crippen molar-refractivity contribution in [2.75, 3.05) is 62.7 Å². The van der Waals surface area contributed by atoms with Crippen LogP contribution in [0.15, 0.2) is 342 Å². The molecule has 4 heterocycles. The summed E-state index contributed by atoms with van der Waals surface area (Å²) in [7, 11) is -5.27. The maximum absolute atomic E-state index is 11.6. The standard InChI is InChI=1S/3C23H23N3O4S.C21H18BrN3O2S/c1-29-19-10-6-16(7-11-19)23-15-22(17-4-3-5-20(14-17)30-2)25-26(23)18-8-12-21(13-9-18)31(24,27)28;1-29-18-11-7-16(8-12-18)22-15-21(20-5-3-4-6-23(20)30-2)25-26(22)17-9-13-19(14-10-17)31(24,27)28;1-29-22-13-8-17(14-23(22)30-2)21-15-20(16-6-4-3-5-7-16)25-26(21)18-9-11-19(12-10-18)31(24,27)28;22-17-8-6-16(7-9-17)21-14-20(15-4-2-1-3-5-15)24-25(21)18-10-12-19(13-11-18)28(23,26)27/h3-14,23H,15H2,1-2H3,(H2,24,27,28);3-14,22H,15H2,1-2H3,(H2,24,27,28);3-14,21H,15H2,1-2H3,(H2,24,27,28);1-13,21H,14H2,(H2,23,26,27). The number of nitrogens with zero attached hydrogens (tertiary/aromatic N) is 8. The Hall–Kier alpha value is -12.6. The fourth-order valence-electron chi connectivity index (χ4n) is 14.2. The fraction of sp³-hybridized carbons (Fsp3) is 0.156. The number of primary sulfonamides is 4. The molecule has 4 aliphatic heterocycles. The summed E-state index contributed by atoms with van der Waals surface area (Å²) in [4.78, 5) is 0.270. The first-order valence-corrected chi connectivity index (χ1v) is 44.7. The number of hydrazone groups is 4. The van der Waals surface area contributed by atoms with Crippen molar-refractivity contribution in [2.45, 2.75) is 69.4 Å². The Kier molecular flexibility index (Phi) is 27.0. The highest BCUT2D eigenvalue weighted by Gasteiger charge is 2.36. The molecule has 16 rings (SSSR count). The lowest BCUT2D eigenvalue weighted by Crippen LogP contribution is -2.19. The van der Waals surface area contributed by atoms with Gasteiger partial charge in [-0.3, -0.25) is 20.0 Å². The summed E-state index contributed by atoms with van der Waals surface area (Å²) in [6.45, 7) is 0. The molecule has 0 saturated heterocycles. The van der Waals surface area contributed by atoms with Gasteiger partial charge >= 0.3 is 0 Å². The van der Waals surface area contributed by atoms with Gasteiger partial charge < -0.3 is 28.4 Å². The molecule has 0 amide bonds. The van der Waals surface area contributed by atoms with E-state index in [-0.39, 0.29) is 43.7 Å². The molecule has 4 atom stereocenters. The summed E-state index contributed by atoms with van der Waals surface area (Å²) in [6, 6.07) is 90.8. The number of hydrogen-bond donors (Lipinski definition) is 4. The van der Waals surface area contributed by atoms with Crippen molar-refractivity contribution in [1.29, 1.82) is 0 Å². The number of benzene rings is 12. The Morgan fingerprint density at radius 3 is 0.942 bits per heavy atom. The van der Waals surface area contributed by atoms with E-state index >= 15 is 0 Å². The highest BCUT2D eigenvalue weighted by atomic mass is 79.9. The van der Waals surface area contributed by atoms with Gasteiger partial charge in [0.2, 0.25) is 40.1 Å². The van der Waals surface area contributed by atoms with E-state index in [0.29, 0.717) is 30.8 Å². The minimum absolute atomic E-state index is 0.0173. The molecule has 0 bridgehead atoms. The van der Waals surface area contributed by atoms with Gasteiger partial charge in [0.05, 0.1) is 132 Å². The van der Waals surface area contributed by atoms with Crippen LogP contribution in [0.1, 0.15) is 94.4 Å². The normalized spacial score (nSPS) is 16.3. The molecule has 31 heteroatoms. The lowest BCUT2D eigenvalue weighted by atomic mass is 9.97. The van der Waals surface area contributed by atoms with Crippen LogP contribution in [0.5, 0.6) is 34.5 Å². The third kappa shape index (κ3) is 20.8. The zero-order valence-electron chi connectivity index (χ0n) is 66.5. The van der Waals surface area contributed by atoms with E-state index in [1.807, 2.05) is 208 Å². The second kappa shape index (κ2) is 37.8. The van der Waals surface area contributed by atoms with E-state index in [2.05, 4.69) is 28.1 Å². The summed E-state index contributed by atoms with van der Waals surface area (Å²) in [5.74, 6) is 4.35. The number of anilines is 4. The van der Waals surface area contributed by atoms with Gasteiger partial charge in [-0.1, -0.05) is 143 Å². The van der Waals surface area contributed by atoms with Crippen LogP contribution in [-0.4, -0.2) is 99.2 Å². The smallest absolute Gasteiger partial charge is 0.238 e. The average molecular weight is 1770 g/mol. The van der Waals surface area contributed by atoms with Crippen LogP contribution in [0.4, 0.5) is 22.7 Å². The van der Waals surface area contributed by atoms with Crippen LogP contribution >= 0.6 is 15.9 Å². The van der Waals surface area contributed by atoms with Crippen LogP contribution in [0.3, 0.4) is 0 Å². The topological polar surface area (TPSA) is 358 Å². The first-order valence-electron chi connectivity index (χ1n) is 37.7. The highest BCUT2D eigenvalue weighted by molar-refractivity contribution is 9.10. The van der Waals surface area contributed by atoms with Gasteiger partial charge in [0.25, 0.3) is 0 Å². The number of ether oxygens (including phenoxy) is 6. The molecule has 4 unspecified atom stereocenters. The van der Waals surface area contributed by atoms with Crippen LogP contribution < -0.4 is 69.0 Å². The molecule has 4 aliphatic rings. The number of rotatable bonds is 22. The van der Waals surface area contributed by atoms with Gasteiger partial charge in [-0.15, -0.1) is 0 Å². The number of sulfonamides is 4. The second-order valence-corrected chi connectivity index (χ2v) is 35.1. The van der Waals surface area contributed by atoms with Crippen molar-refractivity contribution in [3.63, 3.8) is 0 Å². The third-order valence-electron chi connectivity index (χ3n) is 20.4. The average Bonchev–Trinajstić information content (AvgIpc) is 1.65. The van der Waals surface area contributed by atoms with Gasteiger partial charge in [0.1, 0.15) is 23.0 Å². The summed E-state index contributed by atoms with van der Waals surface area (Å²) >= 11 is 3.48. The van der Waals surface area contributed by atoms with Gasteiger partial charge in [-0.05, 0) is 203 Å². The predicted molar refractivity (Wildman–Crippen MR) is 475 cm³/mol. The van der Waals surface area contributed by atoms with Crippen molar-refractivity contribution in [2.24, 2.45) is 41.0 Å². The first kappa shape index (κ1) is 86.3. The maximum atomic E-state index is 11.6. The van der Waals surface area contributed by atoms with Gasteiger partial charge in [-0.25, -0.2) is 54.2 Å². The van der Waals surface area contributed by atoms with E-state index in [9.17, 15) is 33.7 Å². The number of halogens is 1. The highest BCUT2D eigenvalue weighted by Crippen LogP contribution is 2.44. The number of hydrogen-bond acceptors (Lipinski definition) is 22. The quantitative estimate of drug-likeness (QED) is 0.0489. The maximum Gasteiger partial charge on any atom is 0.238 e. The Morgan fingerprint density at radius 1 is 0.281 bits per heavy atom. The van der Waals surface area contributed by atoms with Crippen molar-refractivity contribution in [3.8, 4) is 34.5 Å². The Bertz CT molecular complexity index is 6270. The first-order chi connectivity index (χ1) is 58.1. The fourth-order valence-corrected chi connectivity index (χ4v) is 16.5. The molecule has 0 radical (unpaired) electrons. The van der Waals surface area contributed by atoms with Gasteiger partial charge in [0.15, 0.2) is 11.5 Å². The molecule has 0 aromatic heterocycles. The zero-order valence-corrected chi connectivity index (χ0v) is 71.4. The SMILES string of the molecule is COc1ccc(C2CC(c3cccc(OC)c3)=NN2c2ccc(S(N)(=O)=O)cc2)cc1.COc1ccc(C2CC(c3ccccc3)=NN2c2ccc(S(N)(=O)=O)cc2)cc1OC.COc1ccc(C2CC(c3ccccc3OC)=NN2c2ccc(S(N)(=O)=O)cc2)cc1.NS(=O)(=O)c1ccc(N2N=C(c3ccccc3)CC2c2ccc(Br)cc2)cc1. The van der Waals surface area contributed by atoms with Crippen molar-refractivity contribution >= 4 is 102 Å². The summed E-state index contributed by atoms with van der Waals surface area (Å²) in [5.41, 5.74) is 15.1. The van der Waals surface area contributed by atoms with Crippen LogP contribution in [0.25, 0.3) is 0 Å². The minimum Gasteiger partial charge on any atom is -0.497 e. The number of para-hydroxylation sites is 1. The molecule has 8 N–H and O–H groups in total. The molecule has 0 aliphatic carbocycles. The van der Waals surface area contributed by atoms with E-state index in [4.69, 9.17) is 69.4 Å². The molecular formula is C90H87BrN12O14S4. The lowest BCUT2D eigenvalue weighted by molar-refractivity contribution is 0.354. The largest absolute Gasteiger partial charge is 0.497 e. The van der Waals surface area contributed by atoms with Crippen molar-refractivity contribution in [3.05, 3.63) is 346 Å². The third-order valence-corrected chi connectivity index (χ3v) is 24.7. The molecule has 0 fully saturated rings. The number of nitrogens with two attached hydrogens (primary N) is 4. The van der Waals surface area contributed by atoms with Gasteiger partial charge in [0, 0.05) is 41.3 Å². The second-order valence-electron chi connectivity index (χ2n) is 28.0. The van der Waals surface area contributed by atoms with E-state index < -0.39 is 40.1 Å². The molecule has 121 heavy (non-hydrogen) atoms. The summed E-state index contributed by atoms with van der Waals surface area (Å²) in [5, 5.41) is 48.1. The lowest BCUT2D eigenvalue weighted by Gasteiger charge is -2.24. The Morgan fingerprint density at radius 2 is 0.587 bits per heavy atom.